The predicted molar refractivity (Wildman–Crippen MR) is 92.8 cm³/mol. The number of aromatic nitrogens is 4. The van der Waals surface area contributed by atoms with Gasteiger partial charge in [-0.3, -0.25) is 13.9 Å². The molecule has 132 valence electrons. The van der Waals surface area contributed by atoms with Crippen LogP contribution in [0.25, 0.3) is 11.2 Å². The Balaban J connectivity index is 2.24. The Hall–Kier alpha value is -2.09. The summed E-state index contributed by atoms with van der Waals surface area (Å²) in [5.74, 6) is 0.766. The molecule has 0 saturated carbocycles. The van der Waals surface area contributed by atoms with Gasteiger partial charge in [-0.1, -0.05) is 12.8 Å². The van der Waals surface area contributed by atoms with Crippen LogP contribution in [0, 0.1) is 0 Å². The Labute approximate surface area is 140 Å². The van der Waals surface area contributed by atoms with E-state index in [0.29, 0.717) is 24.3 Å². The number of nitrogens with zero attached hydrogens (tertiary/aromatic N) is 5. The SMILES string of the molecule is COCCn1c(N2CCCCCC2)nc2c1c(=O)n(C)c(=O)n2C. The molecule has 8 nitrogen and oxygen atoms in total. The summed E-state index contributed by atoms with van der Waals surface area (Å²) in [6.07, 6.45) is 4.67. The fourth-order valence-corrected chi connectivity index (χ4v) is 3.34. The molecule has 0 amide bonds. The van der Waals surface area contributed by atoms with Gasteiger partial charge in [0.05, 0.1) is 6.61 Å². The fraction of sp³-hybridized carbons (Fsp3) is 0.688. The molecule has 0 aromatic carbocycles. The molecule has 2 aromatic heterocycles. The maximum Gasteiger partial charge on any atom is 0.332 e. The van der Waals surface area contributed by atoms with E-state index in [0.717, 1.165) is 36.4 Å². The number of aryl methyl sites for hydroxylation is 1. The third-order valence-corrected chi connectivity index (χ3v) is 4.74. The smallest absolute Gasteiger partial charge is 0.332 e. The molecule has 0 aliphatic carbocycles. The average molecular weight is 335 g/mol. The van der Waals surface area contributed by atoms with Crippen LogP contribution in [0.4, 0.5) is 5.95 Å². The van der Waals surface area contributed by atoms with Crippen LogP contribution >= 0.6 is 0 Å². The lowest BCUT2D eigenvalue weighted by molar-refractivity contribution is 0.188. The highest BCUT2D eigenvalue weighted by Crippen LogP contribution is 2.22. The number of hydrogen-bond donors (Lipinski definition) is 0. The van der Waals surface area contributed by atoms with E-state index in [-0.39, 0.29) is 11.2 Å². The summed E-state index contributed by atoms with van der Waals surface area (Å²) in [6, 6.07) is 0. The zero-order valence-corrected chi connectivity index (χ0v) is 14.6. The van der Waals surface area contributed by atoms with Gasteiger partial charge in [-0.05, 0) is 12.8 Å². The van der Waals surface area contributed by atoms with Crippen molar-refractivity contribution in [2.45, 2.75) is 32.2 Å². The first-order valence-electron chi connectivity index (χ1n) is 8.46. The minimum Gasteiger partial charge on any atom is -0.383 e. The quantitative estimate of drug-likeness (QED) is 0.811. The Morgan fingerprint density at radius 2 is 1.71 bits per heavy atom. The van der Waals surface area contributed by atoms with Crippen LogP contribution in [0.3, 0.4) is 0 Å². The van der Waals surface area contributed by atoms with Crippen LogP contribution in [-0.2, 0) is 25.4 Å². The first-order chi connectivity index (χ1) is 11.6. The van der Waals surface area contributed by atoms with E-state index in [9.17, 15) is 9.59 Å². The molecule has 1 saturated heterocycles. The molecule has 0 bridgehead atoms. The van der Waals surface area contributed by atoms with Gasteiger partial charge in [0.2, 0.25) is 5.95 Å². The third-order valence-electron chi connectivity index (χ3n) is 4.74. The molecule has 1 aliphatic heterocycles. The van der Waals surface area contributed by atoms with Crippen molar-refractivity contribution in [2.75, 3.05) is 31.7 Å². The summed E-state index contributed by atoms with van der Waals surface area (Å²) < 4.78 is 9.70. The number of anilines is 1. The van der Waals surface area contributed by atoms with Gasteiger partial charge in [0, 0.05) is 40.8 Å². The van der Waals surface area contributed by atoms with Crippen LogP contribution in [0.15, 0.2) is 9.59 Å². The maximum absolute atomic E-state index is 12.7. The van der Waals surface area contributed by atoms with Crippen molar-refractivity contribution in [1.29, 1.82) is 0 Å². The van der Waals surface area contributed by atoms with Crippen molar-refractivity contribution in [3.8, 4) is 0 Å². The number of rotatable bonds is 4. The molecule has 3 heterocycles. The molecule has 0 unspecified atom stereocenters. The first-order valence-corrected chi connectivity index (χ1v) is 8.46. The van der Waals surface area contributed by atoms with E-state index >= 15 is 0 Å². The van der Waals surface area contributed by atoms with Gasteiger partial charge < -0.3 is 14.2 Å². The molecular weight excluding hydrogens is 310 g/mol. The molecule has 24 heavy (non-hydrogen) atoms. The second-order valence-corrected chi connectivity index (χ2v) is 6.34. The first kappa shape index (κ1) is 16.8. The number of ether oxygens (including phenoxy) is 1. The van der Waals surface area contributed by atoms with Crippen LogP contribution in [-0.4, -0.2) is 45.5 Å². The van der Waals surface area contributed by atoms with Gasteiger partial charge in [0.1, 0.15) is 0 Å². The number of imidazole rings is 1. The van der Waals surface area contributed by atoms with Gasteiger partial charge in [0.15, 0.2) is 11.2 Å². The molecule has 0 radical (unpaired) electrons. The van der Waals surface area contributed by atoms with Gasteiger partial charge >= 0.3 is 5.69 Å². The van der Waals surface area contributed by atoms with E-state index in [1.165, 1.54) is 24.5 Å². The molecule has 1 fully saturated rings. The number of hydrogen-bond acceptors (Lipinski definition) is 5. The summed E-state index contributed by atoms with van der Waals surface area (Å²) in [6.45, 7) is 2.86. The monoisotopic (exact) mass is 335 g/mol. The molecule has 1 aliphatic rings. The lowest BCUT2D eigenvalue weighted by Crippen LogP contribution is -2.37. The molecule has 0 spiro atoms. The Morgan fingerprint density at radius 3 is 2.33 bits per heavy atom. The second-order valence-electron chi connectivity index (χ2n) is 6.34. The average Bonchev–Trinajstić information content (AvgIpc) is 2.76. The highest BCUT2D eigenvalue weighted by atomic mass is 16.5. The van der Waals surface area contributed by atoms with E-state index in [2.05, 4.69) is 9.88 Å². The highest BCUT2D eigenvalue weighted by molar-refractivity contribution is 5.74. The lowest BCUT2D eigenvalue weighted by Gasteiger charge is -2.22. The van der Waals surface area contributed by atoms with Gasteiger partial charge in [-0.25, -0.2) is 4.79 Å². The second kappa shape index (κ2) is 6.80. The molecule has 0 N–H and O–H groups in total. The van der Waals surface area contributed by atoms with Crippen molar-refractivity contribution < 1.29 is 4.74 Å². The largest absolute Gasteiger partial charge is 0.383 e. The summed E-state index contributed by atoms with van der Waals surface area (Å²) in [5.41, 5.74) is 0.249. The zero-order chi connectivity index (χ0) is 17.3. The summed E-state index contributed by atoms with van der Waals surface area (Å²) in [4.78, 5) is 31.8. The van der Waals surface area contributed by atoms with Gasteiger partial charge in [0.25, 0.3) is 5.56 Å². The minimum absolute atomic E-state index is 0.308. The van der Waals surface area contributed by atoms with Crippen molar-refractivity contribution >= 4 is 17.1 Å². The zero-order valence-electron chi connectivity index (χ0n) is 14.6. The predicted octanol–water partition coefficient (Wildman–Crippen LogP) is 0.461. The molecule has 3 rings (SSSR count). The topological polar surface area (TPSA) is 74.3 Å². The van der Waals surface area contributed by atoms with E-state index in [4.69, 9.17) is 4.74 Å². The summed E-state index contributed by atoms with van der Waals surface area (Å²) in [5, 5.41) is 0. The van der Waals surface area contributed by atoms with Gasteiger partial charge in [-0.15, -0.1) is 0 Å². The Bertz CT molecular complexity index is 840. The normalized spacial score (nSPS) is 15.9. The molecular formula is C16H25N5O3. The number of fused-ring (bicyclic) bond motifs is 1. The highest BCUT2D eigenvalue weighted by Gasteiger charge is 2.23. The van der Waals surface area contributed by atoms with Crippen molar-refractivity contribution in [1.82, 2.24) is 18.7 Å². The van der Waals surface area contributed by atoms with E-state index in [1.54, 1.807) is 14.2 Å². The van der Waals surface area contributed by atoms with Crippen LogP contribution in [0.5, 0.6) is 0 Å². The standard InChI is InChI=1S/C16H25N5O3/c1-18-13-12(14(22)19(2)16(18)23)21(10-11-24-3)15(17-13)20-8-6-4-5-7-9-20/h4-11H2,1-3H3. The van der Waals surface area contributed by atoms with Crippen molar-refractivity contribution in [3.05, 3.63) is 20.8 Å². The Morgan fingerprint density at radius 1 is 1.04 bits per heavy atom. The molecule has 8 heteroatoms. The summed E-state index contributed by atoms with van der Waals surface area (Å²) in [7, 11) is 4.80. The Kier molecular flexibility index (Phi) is 4.75. The molecule has 2 aromatic rings. The maximum atomic E-state index is 12.7. The van der Waals surface area contributed by atoms with Gasteiger partial charge in [-0.2, -0.15) is 4.98 Å². The molecule has 0 atom stereocenters. The van der Waals surface area contributed by atoms with Crippen LogP contribution in [0.1, 0.15) is 25.7 Å². The number of methoxy groups -OCH3 is 1. The van der Waals surface area contributed by atoms with E-state index in [1.807, 2.05) is 4.57 Å². The van der Waals surface area contributed by atoms with Crippen LogP contribution in [0.2, 0.25) is 0 Å². The lowest BCUT2D eigenvalue weighted by atomic mass is 10.2. The minimum atomic E-state index is -0.355. The van der Waals surface area contributed by atoms with E-state index < -0.39 is 0 Å². The van der Waals surface area contributed by atoms with Crippen LogP contribution < -0.4 is 16.1 Å². The summed E-state index contributed by atoms with van der Waals surface area (Å²) >= 11 is 0. The van der Waals surface area contributed by atoms with Crippen molar-refractivity contribution in [2.24, 2.45) is 14.1 Å². The fourth-order valence-electron chi connectivity index (χ4n) is 3.34. The van der Waals surface area contributed by atoms with Crippen molar-refractivity contribution in [3.63, 3.8) is 0 Å². The third kappa shape index (κ3) is 2.75.